The molecule has 0 heterocycles. The van der Waals surface area contributed by atoms with Gasteiger partial charge in [0.25, 0.3) is 0 Å². The van der Waals surface area contributed by atoms with Crippen LogP contribution in [0.1, 0.15) is 52.4 Å². The number of hydrogen-bond donors (Lipinski definition) is 2. The third kappa shape index (κ3) is 7.30. The third-order valence-electron chi connectivity index (χ3n) is 4.16. The standard InChI is InChI=1S/C16H33NO2S/c1-14(2)7-6-10-19-12-15(18)11-17-13-16(20-3)8-4-5-9-16/h14-15,17-18H,4-13H2,1-3H3. The van der Waals surface area contributed by atoms with Crippen LogP contribution in [0.25, 0.3) is 0 Å². The highest BCUT2D eigenvalue weighted by atomic mass is 32.2. The van der Waals surface area contributed by atoms with Gasteiger partial charge in [0.2, 0.25) is 0 Å². The minimum Gasteiger partial charge on any atom is -0.389 e. The maximum Gasteiger partial charge on any atom is 0.0897 e. The summed E-state index contributed by atoms with van der Waals surface area (Å²) >= 11 is 1.98. The van der Waals surface area contributed by atoms with Crippen molar-refractivity contribution in [3.8, 4) is 0 Å². The van der Waals surface area contributed by atoms with Gasteiger partial charge >= 0.3 is 0 Å². The lowest BCUT2D eigenvalue weighted by molar-refractivity contribution is 0.0346. The zero-order valence-corrected chi connectivity index (χ0v) is 14.3. The van der Waals surface area contributed by atoms with E-state index in [1.807, 2.05) is 11.8 Å². The van der Waals surface area contributed by atoms with Gasteiger partial charge in [-0.05, 0) is 37.9 Å². The number of hydrogen-bond acceptors (Lipinski definition) is 4. The average Bonchev–Trinajstić information content (AvgIpc) is 2.87. The lowest BCUT2D eigenvalue weighted by Gasteiger charge is -2.27. The van der Waals surface area contributed by atoms with Crippen LogP contribution in [0.2, 0.25) is 0 Å². The zero-order chi connectivity index (χ0) is 14.8. The summed E-state index contributed by atoms with van der Waals surface area (Å²) in [6.45, 7) is 7.33. The molecule has 120 valence electrons. The van der Waals surface area contributed by atoms with Crippen molar-refractivity contribution in [3.05, 3.63) is 0 Å². The first-order valence-electron chi connectivity index (χ1n) is 8.10. The molecule has 0 saturated heterocycles. The highest BCUT2D eigenvalue weighted by molar-refractivity contribution is 8.00. The Kier molecular flexibility index (Phi) is 9.18. The van der Waals surface area contributed by atoms with Gasteiger partial charge in [-0.2, -0.15) is 11.8 Å². The van der Waals surface area contributed by atoms with E-state index < -0.39 is 0 Å². The molecule has 0 spiro atoms. The number of rotatable bonds is 11. The summed E-state index contributed by atoms with van der Waals surface area (Å²) in [5, 5.41) is 13.3. The molecule has 4 heteroatoms. The Morgan fingerprint density at radius 2 is 2.00 bits per heavy atom. The number of ether oxygens (including phenoxy) is 1. The fourth-order valence-corrected chi connectivity index (χ4v) is 3.75. The van der Waals surface area contributed by atoms with Crippen molar-refractivity contribution in [1.29, 1.82) is 0 Å². The first-order chi connectivity index (χ1) is 9.58. The van der Waals surface area contributed by atoms with Gasteiger partial charge < -0.3 is 15.2 Å². The van der Waals surface area contributed by atoms with Crippen LogP contribution in [0.15, 0.2) is 0 Å². The quantitative estimate of drug-likeness (QED) is 0.576. The van der Waals surface area contributed by atoms with Crippen LogP contribution in [-0.4, -0.2) is 48.5 Å². The third-order valence-corrected chi connectivity index (χ3v) is 5.57. The van der Waals surface area contributed by atoms with E-state index in [9.17, 15) is 5.11 Å². The predicted octanol–water partition coefficient (Wildman–Crippen LogP) is 3.07. The summed E-state index contributed by atoms with van der Waals surface area (Å²) in [4.78, 5) is 0. The predicted molar refractivity (Wildman–Crippen MR) is 88.5 cm³/mol. The number of thioether (sulfide) groups is 1. The number of nitrogens with one attached hydrogen (secondary N) is 1. The summed E-state index contributed by atoms with van der Waals surface area (Å²) in [6.07, 6.45) is 9.44. The topological polar surface area (TPSA) is 41.5 Å². The molecule has 1 atom stereocenters. The average molecular weight is 304 g/mol. The Labute approximate surface area is 129 Å². The van der Waals surface area contributed by atoms with Crippen LogP contribution in [-0.2, 0) is 4.74 Å². The first kappa shape index (κ1) is 18.3. The molecular weight excluding hydrogens is 270 g/mol. The Balaban J connectivity index is 2.01. The van der Waals surface area contributed by atoms with Crippen LogP contribution in [0, 0.1) is 5.92 Å². The fraction of sp³-hybridized carbons (Fsp3) is 1.00. The van der Waals surface area contributed by atoms with Crippen molar-refractivity contribution in [3.63, 3.8) is 0 Å². The van der Waals surface area contributed by atoms with Crippen molar-refractivity contribution in [2.75, 3.05) is 32.6 Å². The van der Waals surface area contributed by atoms with Gasteiger partial charge in [-0.3, -0.25) is 0 Å². The molecule has 2 N–H and O–H groups in total. The van der Waals surface area contributed by atoms with E-state index in [1.165, 1.54) is 32.1 Å². The molecule has 0 aliphatic heterocycles. The van der Waals surface area contributed by atoms with E-state index in [0.717, 1.165) is 25.5 Å². The molecule has 1 aliphatic carbocycles. The van der Waals surface area contributed by atoms with Gasteiger partial charge in [-0.15, -0.1) is 0 Å². The Hall–Kier alpha value is 0.230. The molecule has 0 aromatic heterocycles. The van der Waals surface area contributed by atoms with Crippen LogP contribution in [0.5, 0.6) is 0 Å². The molecule has 0 aromatic rings. The fourth-order valence-electron chi connectivity index (χ4n) is 2.81. The maximum atomic E-state index is 9.89. The molecule has 0 amide bonds. The van der Waals surface area contributed by atoms with Gasteiger partial charge in [0.05, 0.1) is 12.7 Å². The number of aliphatic hydroxyl groups is 1. The summed E-state index contributed by atoms with van der Waals surface area (Å²) in [6, 6.07) is 0. The van der Waals surface area contributed by atoms with Crippen LogP contribution in [0.4, 0.5) is 0 Å². The van der Waals surface area contributed by atoms with Crippen LogP contribution in [0.3, 0.4) is 0 Å². The molecule has 0 radical (unpaired) electrons. The van der Waals surface area contributed by atoms with Gasteiger partial charge in [0, 0.05) is 24.4 Å². The SMILES string of the molecule is CSC1(CNCC(O)COCCCC(C)C)CCCC1. The van der Waals surface area contributed by atoms with Crippen molar-refractivity contribution in [2.24, 2.45) is 5.92 Å². The first-order valence-corrected chi connectivity index (χ1v) is 9.32. The Morgan fingerprint density at radius 1 is 1.30 bits per heavy atom. The lowest BCUT2D eigenvalue weighted by Crippen LogP contribution is -2.39. The summed E-state index contributed by atoms with van der Waals surface area (Å²) in [5.41, 5.74) is 0. The van der Waals surface area contributed by atoms with Crippen LogP contribution >= 0.6 is 11.8 Å². The van der Waals surface area contributed by atoms with E-state index in [2.05, 4.69) is 25.4 Å². The maximum absolute atomic E-state index is 9.89. The molecule has 3 nitrogen and oxygen atoms in total. The molecule has 1 fully saturated rings. The second-order valence-electron chi connectivity index (χ2n) is 6.49. The molecular formula is C16H33NO2S. The minimum atomic E-state index is -0.380. The second kappa shape index (κ2) is 10.0. The monoisotopic (exact) mass is 303 g/mol. The van der Waals surface area contributed by atoms with E-state index in [-0.39, 0.29) is 6.10 Å². The van der Waals surface area contributed by atoms with Crippen molar-refractivity contribution in [1.82, 2.24) is 5.32 Å². The molecule has 1 rings (SSSR count). The lowest BCUT2D eigenvalue weighted by atomic mass is 10.1. The summed E-state index contributed by atoms with van der Waals surface area (Å²) in [7, 11) is 0. The van der Waals surface area contributed by atoms with Crippen molar-refractivity contribution in [2.45, 2.75) is 63.2 Å². The van der Waals surface area contributed by atoms with Gasteiger partial charge in [0.1, 0.15) is 0 Å². The van der Waals surface area contributed by atoms with E-state index in [0.29, 0.717) is 17.9 Å². The van der Waals surface area contributed by atoms with Crippen LogP contribution < -0.4 is 5.32 Å². The molecule has 20 heavy (non-hydrogen) atoms. The minimum absolute atomic E-state index is 0.380. The molecule has 1 aliphatic rings. The zero-order valence-electron chi connectivity index (χ0n) is 13.5. The van der Waals surface area contributed by atoms with Gasteiger partial charge in [0.15, 0.2) is 0 Å². The molecule has 0 bridgehead atoms. The normalized spacial score (nSPS) is 19.6. The smallest absolute Gasteiger partial charge is 0.0897 e. The summed E-state index contributed by atoms with van der Waals surface area (Å²) in [5.74, 6) is 0.735. The van der Waals surface area contributed by atoms with E-state index in [1.54, 1.807) is 0 Å². The largest absolute Gasteiger partial charge is 0.389 e. The second-order valence-corrected chi connectivity index (χ2v) is 7.76. The van der Waals surface area contributed by atoms with E-state index >= 15 is 0 Å². The van der Waals surface area contributed by atoms with Crippen molar-refractivity contribution < 1.29 is 9.84 Å². The molecule has 1 unspecified atom stereocenters. The van der Waals surface area contributed by atoms with Gasteiger partial charge in [-0.25, -0.2) is 0 Å². The Bertz CT molecular complexity index is 243. The van der Waals surface area contributed by atoms with E-state index in [4.69, 9.17) is 4.74 Å². The van der Waals surface area contributed by atoms with Crippen molar-refractivity contribution >= 4 is 11.8 Å². The summed E-state index contributed by atoms with van der Waals surface area (Å²) < 4.78 is 5.94. The Morgan fingerprint density at radius 3 is 2.60 bits per heavy atom. The molecule has 1 saturated carbocycles. The highest BCUT2D eigenvalue weighted by Crippen LogP contribution is 2.39. The highest BCUT2D eigenvalue weighted by Gasteiger charge is 2.32. The molecule has 0 aromatic carbocycles. The van der Waals surface area contributed by atoms with Gasteiger partial charge in [-0.1, -0.05) is 26.7 Å². The number of aliphatic hydroxyl groups excluding tert-OH is 1.